The maximum Gasteiger partial charge on any atom is 0.196 e. The van der Waals surface area contributed by atoms with Crippen molar-refractivity contribution in [1.29, 1.82) is 0 Å². The Balaban J connectivity index is 2.52. The Bertz CT molecular complexity index is 940. The number of hydrogen-bond donors (Lipinski definition) is 2. The van der Waals surface area contributed by atoms with Crippen LogP contribution in [0.1, 0.15) is 11.1 Å². The van der Waals surface area contributed by atoms with Crippen molar-refractivity contribution in [2.24, 2.45) is 11.5 Å². The quantitative estimate of drug-likeness (QED) is 0.769. The van der Waals surface area contributed by atoms with E-state index in [9.17, 15) is 16.8 Å². The smallest absolute Gasteiger partial charge is 0.196 e. The van der Waals surface area contributed by atoms with Gasteiger partial charge in [-0.05, 0) is 24.6 Å². The highest BCUT2D eigenvalue weighted by atomic mass is 32.2. The van der Waals surface area contributed by atoms with Gasteiger partial charge in [0.25, 0.3) is 0 Å². The number of sulfone groups is 2. The Morgan fingerprint density at radius 2 is 1.48 bits per heavy atom. The van der Waals surface area contributed by atoms with Crippen LogP contribution in [0.2, 0.25) is 0 Å². The molecule has 8 heteroatoms. The van der Waals surface area contributed by atoms with Crippen molar-refractivity contribution < 1.29 is 16.8 Å². The van der Waals surface area contributed by atoms with E-state index in [1.807, 2.05) is 6.92 Å². The molecule has 0 amide bonds. The van der Waals surface area contributed by atoms with Crippen molar-refractivity contribution in [3.8, 4) is 0 Å². The molecule has 25 heavy (non-hydrogen) atoms. The van der Waals surface area contributed by atoms with Crippen molar-refractivity contribution in [1.82, 2.24) is 0 Å². The standard InChI is InChI=1S/C17H22N2O4S2/c1-13-8-10-15(11-9-13)25(22,23)16(18)17(19,24(2,20)21)12-14-6-4-3-5-7-14/h3-11,16H,12,18-19H2,1-2H3/t16?,17-/m0/s1. The van der Waals surface area contributed by atoms with Crippen LogP contribution >= 0.6 is 0 Å². The van der Waals surface area contributed by atoms with Crippen LogP contribution in [0.5, 0.6) is 0 Å². The summed E-state index contributed by atoms with van der Waals surface area (Å²) in [5.41, 5.74) is 13.5. The summed E-state index contributed by atoms with van der Waals surface area (Å²) in [4.78, 5) is -2.21. The van der Waals surface area contributed by atoms with Gasteiger partial charge in [-0.1, -0.05) is 48.0 Å². The van der Waals surface area contributed by atoms with Gasteiger partial charge in [-0.25, -0.2) is 16.8 Å². The second kappa shape index (κ2) is 6.87. The van der Waals surface area contributed by atoms with Crippen molar-refractivity contribution in [3.63, 3.8) is 0 Å². The van der Waals surface area contributed by atoms with Crippen LogP contribution in [-0.4, -0.2) is 33.3 Å². The van der Waals surface area contributed by atoms with Crippen LogP contribution in [0.25, 0.3) is 0 Å². The van der Waals surface area contributed by atoms with Crippen LogP contribution in [0.4, 0.5) is 0 Å². The molecule has 0 aromatic heterocycles. The van der Waals surface area contributed by atoms with Crippen LogP contribution < -0.4 is 11.5 Å². The lowest BCUT2D eigenvalue weighted by Gasteiger charge is -2.33. The predicted octanol–water partition coefficient (Wildman–Crippen LogP) is 0.996. The molecule has 2 aromatic rings. The summed E-state index contributed by atoms with van der Waals surface area (Å²) in [6.07, 6.45) is 0.694. The molecule has 0 saturated carbocycles. The minimum atomic E-state index is -4.14. The zero-order valence-electron chi connectivity index (χ0n) is 14.1. The first-order chi connectivity index (χ1) is 11.5. The number of hydrogen-bond acceptors (Lipinski definition) is 6. The van der Waals surface area contributed by atoms with Gasteiger partial charge in [0.2, 0.25) is 0 Å². The van der Waals surface area contributed by atoms with Gasteiger partial charge < -0.3 is 11.5 Å². The van der Waals surface area contributed by atoms with Gasteiger partial charge >= 0.3 is 0 Å². The largest absolute Gasteiger partial charge is 0.312 e. The molecule has 0 fully saturated rings. The van der Waals surface area contributed by atoms with E-state index in [2.05, 4.69) is 0 Å². The average molecular weight is 383 g/mol. The molecule has 4 N–H and O–H groups in total. The molecule has 0 spiro atoms. The van der Waals surface area contributed by atoms with E-state index >= 15 is 0 Å². The fourth-order valence-corrected chi connectivity index (χ4v) is 5.67. The third-order valence-electron chi connectivity index (χ3n) is 4.18. The van der Waals surface area contributed by atoms with Crippen molar-refractivity contribution in [2.45, 2.75) is 28.5 Å². The van der Waals surface area contributed by atoms with E-state index in [0.717, 1.165) is 11.8 Å². The summed E-state index contributed by atoms with van der Waals surface area (Å²) in [6.45, 7) is 1.81. The SMILES string of the molecule is Cc1ccc(S(=O)(=O)C(N)[C@](N)(Cc2ccccc2)S(C)(=O)=O)cc1. The minimum absolute atomic E-state index is 0.0582. The first-order valence-electron chi connectivity index (χ1n) is 7.57. The minimum Gasteiger partial charge on any atom is -0.312 e. The monoisotopic (exact) mass is 382 g/mol. The number of aryl methyl sites for hydroxylation is 1. The van der Waals surface area contributed by atoms with Crippen LogP contribution in [0.3, 0.4) is 0 Å². The summed E-state index contributed by atoms with van der Waals surface area (Å²) in [5, 5.41) is -1.81. The van der Waals surface area contributed by atoms with Gasteiger partial charge in [0.15, 0.2) is 24.5 Å². The molecule has 0 aliphatic carbocycles. The molecule has 0 bridgehead atoms. The lowest BCUT2D eigenvalue weighted by molar-refractivity contribution is 0.481. The van der Waals surface area contributed by atoms with Crippen LogP contribution in [0, 0.1) is 6.92 Å². The predicted molar refractivity (Wildman–Crippen MR) is 98.2 cm³/mol. The fraction of sp³-hybridized carbons (Fsp3) is 0.294. The van der Waals surface area contributed by atoms with Gasteiger partial charge in [-0.3, -0.25) is 0 Å². The molecule has 1 unspecified atom stereocenters. The Hall–Kier alpha value is -1.74. The lowest BCUT2D eigenvalue weighted by atomic mass is 10.1. The molecule has 2 rings (SSSR count). The molecule has 136 valence electrons. The van der Waals surface area contributed by atoms with Gasteiger partial charge in [0.1, 0.15) is 5.37 Å². The highest BCUT2D eigenvalue weighted by molar-refractivity contribution is 7.96. The molecule has 6 nitrogen and oxygen atoms in total. The molecule has 0 aliphatic heterocycles. The maximum absolute atomic E-state index is 12.9. The summed E-state index contributed by atoms with van der Waals surface area (Å²) >= 11 is 0. The number of rotatable bonds is 6. The molecule has 0 aliphatic rings. The normalized spacial score (nSPS) is 16.2. The van der Waals surface area contributed by atoms with E-state index in [1.54, 1.807) is 42.5 Å². The maximum atomic E-state index is 12.9. The first kappa shape index (κ1) is 19.6. The molecule has 0 heterocycles. The Kier molecular flexibility index (Phi) is 5.38. The zero-order valence-corrected chi connectivity index (χ0v) is 15.7. The topological polar surface area (TPSA) is 120 Å². The molecular formula is C17H22N2O4S2. The van der Waals surface area contributed by atoms with Crippen LogP contribution in [0.15, 0.2) is 59.5 Å². The molecule has 0 radical (unpaired) electrons. The van der Waals surface area contributed by atoms with E-state index in [0.29, 0.717) is 5.56 Å². The highest BCUT2D eigenvalue weighted by Gasteiger charge is 2.49. The van der Waals surface area contributed by atoms with E-state index in [4.69, 9.17) is 11.5 Å². The zero-order chi connectivity index (χ0) is 18.9. The summed E-state index contributed by atoms with van der Waals surface area (Å²) in [5.74, 6) is 0. The summed E-state index contributed by atoms with van der Waals surface area (Å²) in [7, 11) is -8.13. The first-order valence-corrected chi connectivity index (χ1v) is 11.0. The number of nitrogens with two attached hydrogens (primary N) is 2. The molecular weight excluding hydrogens is 360 g/mol. The van der Waals surface area contributed by atoms with Crippen LogP contribution in [-0.2, 0) is 26.1 Å². The van der Waals surface area contributed by atoms with E-state index < -0.39 is 29.9 Å². The second-order valence-corrected chi connectivity index (χ2v) is 10.5. The summed E-state index contributed by atoms with van der Waals surface area (Å²) < 4.78 is 50.4. The van der Waals surface area contributed by atoms with Crippen molar-refractivity contribution in [3.05, 3.63) is 65.7 Å². The van der Waals surface area contributed by atoms with Crippen molar-refractivity contribution >= 4 is 19.7 Å². The Morgan fingerprint density at radius 1 is 0.960 bits per heavy atom. The molecule has 0 saturated heterocycles. The highest BCUT2D eigenvalue weighted by Crippen LogP contribution is 2.27. The Morgan fingerprint density at radius 3 is 1.96 bits per heavy atom. The Labute approximate surface area is 148 Å². The van der Waals surface area contributed by atoms with Gasteiger partial charge in [0.05, 0.1) is 4.90 Å². The molecule has 2 atom stereocenters. The lowest BCUT2D eigenvalue weighted by Crippen LogP contribution is -2.64. The average Bonchev–Trinajstić information content (AvgIpc) is 2.54. The fourth-order valence-electron chi connectivity index (χ4n) is 2.49. The van der Waals surface area contributed by atoms with Gasteiger partial charge in [-0.15, -0.1) is 0 Å². The third-order valence-corrected chi connectivity index (χ3v) is 8.13. The third kappa shape index (κ3) is 3.92. The number of benzene rings is 2. The van der Waals surface area contributed by atoms with E-state index in [-0.39, 0.29) is 11.3 Å². The van der Waals surface area contributed by atoms with Gasteiger partial charge in [-0.2, -0.15) is 0 Å². The van der Waals surface area contributed by atoms with Crippen molar-refractivity contribution in [2.75, 3.05) is 6.26 Å². The summed E-state index contributed by atoms with van der Waals surface area (Å²) in [6, 6.07) is 14.6. The van der Waals surface area contributed by atoms with E-state index in [1.165, 1.54) is 12.1 Å². The van der Waals surface area contributed by atoms with Gasteiger partial charge in [0, 0.05) is 12.7 Å². The second-order valence-electron chi connectivity index (χ2n) is 6.17. The molecule has 2 aromatic carbocycles.